The van der Waals surface area contributed by atoms with Gasteiger partial charge < -0.3 is 4.90 Å². The standard InChI is InChI=1S/C19H27N5O4S/c1-4-29(27,28)23-8-5-6-16(23)14-10-17-20-15-11-22(18(25)12(2)3)9-7-13(15)19(26)24(17)21-14/h10,12,16,21H,4-9,11H2,1-3H3/t16-/m1/s1. The van der Waals surface area contributed by atoms with Crippen LogP contribution in [0.2, 0.25) is 0 Å². The predicted octanol–water partition coefficient (Wildman–Crippen LogP) is 1.05. The smallest absolute Gasteiger partial charge is 0.276 e. The normalized spacial score (nSPS) is 20.6. The van der Waals surface area contributed by atoms with Gasteiger partial charge in [0.05, 0.1) is 29.7 Å². The van der Waals surface area contributed by atoms with Crippen molar-refractivity contribution in [3.05, 3.63) is 33.4 Å². The van der Waals surface area contributed by atoms with E-state index in [-0.39, 0.29) is 29.2 Å². The Hall–Kier alpha value is -2.20. The van der Waals surface area contributed by atoms with E-state index in [1.807, 2.05) is 13.8 Å². The van der Waals surface area contributed by atoms with E-state index < -0.39 is 10.0 Å². The lowest BCUT2D eigenvalue weighted by atomic mass is 10.0. The molecule has 4 heterocycles. The van der Waals surface area contributed by atoms with Crippen LogP contribution >= 0.6 is 0 Å². The summed E-state index contributed by atoms with van der Waals surface area (Å²) in [5.74, 6) is 0.00327. The van der Waals surface area contributed by atoms with Crippen LogP contribution in [0.5, 0.6) is 0 Å². The first kappa shape index (κ1) is 20.1. The van der Waals surface area contributed by atoms with Crippen LogP contribution in [-0.4, -0.2) is 57.0 Å². The number of nitrogens with one attached hydrogen (secondary N) is 1. The predicted molar refractivity (Wildman–Crippen MR) is 108 cm³/mol. The Labute approximate surface area is 169 Å². The maximum atomic E-state index is 13.0. The van der Waals surface area contributed by atoms with Crippen LogP contribution in [0.1, 0.15) is 56.6 Å². The molecule has 158 valence electrons. The molecule has 1 atom stereocenters. The van der Waals surface area contributed by atoms with Gasteiger partial charge in [0.2, 0.25) is 15.9 Å². The van der Waals surface area contributed by atoms with Gasteiger partial charge in [-0.05, 0) is 26.2 Å². The summed E-state index contributed by atoms with van der Waals surface area (Å²) >= 11 is 0. The molecule has 2 aromatic heterocycles. The molecule has 1 N–H and O–H groups in total. The van der Waals surface area contributed by atoms with Crippen molar-refractivity contribution in [3.8, 4) is 0 Å². The van der Waals surface area contributed by atoms with Gasteiger partial charge in [0.1, 0.15) is 0 Å². The minimum absolute atomic E-state index is 0.0515. The number of H-pyrrole nitrogens is 1. The quantitative estimate of drug-likeness (QED) is 0.794. The molecule has 29 heavy (non-hydrogen) atoms. The lowest BCUT2D eigenvalue weighted by Gasteiger charge is -2.29. The molecule has 2 aliphatic heterocycles. The molecule has 4 rings (SSSR count). The van der Waals surface area contributed by atoms with E-state index >= 15 is 0 Å². The zero-order chi connectivity index (χ0) is 20.9. The molecule has 2 aliphatic rings. The number of hydrogen-bond donors (Lipinski definition) is 1. The SMILES string of the molecule is CCS(=O)(=O)N1CCC[C@@H]1c1cc2nc3c(c(=O)n2[nH]1)CCN(C(=O)C(C)C)C3. The van der Waals surface area contributed by atoms with Crippen LogP contribution in [0.25, 0.3) is 5.65 Å². The highest BCUT2D eigenvalue weighted by molar-refractivity contribution is 7.89. The molecule has 0 radical (unpaired) electrons. The van der Waals surface area contributed by atoms with Crippen LogP contribution in [0.15, 0.2) is 10.9 Å². The van der Waals surface area contributed by atoms with Crippen molar-refractivity contribution in [2.75, 3.05) is 18.8 Å². The number of nitrogens with zero attached hydrogens (tertiary/aromatic N) is 4. The zero-order valence-electron chi connectivity index (χ0n) is 17.0. The largest absolute Gasteiger partial charge is 0.336 e. The number of hydrogen-bond acceptors (Lipinski definition) is 5. The number of aromatic amines is 1. The van der Waals surface area contributed by atoms with Crippen molar-refractivity contribution < 1.29 is 13.2 Å². The second kappa shape index (κ2) is 7.24. The minimum atomic E-state index is -3.32. The first-order valence-corrected chi connectivity index (χ1v) is 11.8. The van der Waals surface area contributed by atoms with E-state index in [0.717, 1.165) is 6.42 Å². The average Bonchev–Trinajstić information content (AvgIpc) is 3.34. The van der Waals surface area contributed by atoms with E-state index in [9.17, 15) is 18.0 Å². The summed E-state index contributed by atoms with van der Waals surface area (Å²) in [6.45, 7) is 6.69. The Morgan fingerprint density at radius 2 is 2.10 bits per heavy atom. The molecule has 0 saturated carbocycles. The van der Waals surface area contributed by atoms with Gasteiger partial charge >= 0.3 is 0 Å². The van der Waals surface area contributed by atoms with E-state index in [4.69, 9.17) is 0 Å². The second-order valence-electron chi connectivity index (χ2n) is 8.08. The number of rotatable bonds is 4. The maximum Gasteiger partial charge on any atom is 0.276 e. The fourth-order valence-corrected chi connectivity index (χ4v) is 5.63. The molecule has 0 bridgehead atoms. The molecule has 0 aromatic carbocycles. The van der Waals surface area contributed by atoms with Crippen LogP contribution in [0.4, 0.5) is 0 Å². The van der Waals surface area contributed by atoms with E-state index in [0.29, 0.717) is 55.1 Å². The fraction of sp³-hybridized carbons (Fsp3) is 0.632. The highest BCUT2D eigenvalue weighted by atomic mass is 32.2. The van der Waals surface area contributed by atoms with Gasteiger partial charge in [0, 0.05) is 30.6 Å². The Morgan fingerprint density at radius 3 is 2.79 bits per heavy atom. The highest BCUT2D eigenvalue weighted by Gasteiger charge is 2.35. The second-order valence-corrected chi connectivity index (χ2v) is 10.3. The first-order valence-electron chi connectivity index (χ1n) is 10.1. The van der Waals surface area contributed by atoms with Crippen molar-refractivity contribution in [1.82, 2.24) is 23.8 Å². The lowest BCUT2D eigenvalue weighted by Crippen LogP contribution is -2.41. The third-order valence-electron chi connectivity index (χ3n) is 5.88. The molecule has 0 spiro atoms. The van der Waals surface area contributed by atoms with Crippen molar-refractivity contribution in [3.63, 3.8) is 0 Å². The number of sulfonamides is 1. The van der Waals surface area contributed by atoms with E-state index in [1.54, 1.807) is 17.9 Å². The first-order chi connectivity index (χ1) is 13.7. The summed E-state index contributed by atoms with van der Waals surface area (Å²) in [5, 5.41) is 3.09. The van der Waals surface area contributed by atoms with Crippen LogP contribution < -0.4 is 5.56 Å². The Kier molecular flexibility index (Phi) is 5.02. The molecule has 1 fully saturated rings. The van der Waals surface area contributed by atoms with Crippen molar-refractivity contribution in [2.45, 2.75) is 52.6 Å². The number of fused-ring (bicyclic) bond motifs is 2. The van der Waals surface area contributed by atoms with Crippen molar-refractivity contribution in [1.29, 1.82) is 0 Å². The molecule has 1 amide bonds. The number of amides is 1. The molecule has 0 unspecified atom stereocenters. The maximum absolute atomic E-state index is 13.0. The van der Waals surface area contributed by atoms with Crippen molar-refractivity contribution >= 4 is 21.6 Å². The number of aromatic nitrogens is 3. The van der Waals surface area contributed by atoms with Crippen LogP contribution in [0.3, 0.4) is 0 Å². The summed E-state index contributed by atoms with van der Waals surface area (Å²) in [7, 11) is -3.32. The van der Waals surface area contributed by atoms with Gasteiger partial charge in [-0.3, -0.25) is 14.7 Å². The van der Waals surface area contributed by atoms with Gasteiger partial charge in [0.25, 0.3) is 5.56 Å². The van der Waals surface area contributed by atoms with Crippen LogP contribution in [0, 0.1) is 5.92 Å². The van der Waals surface area contributed by atoms with Gasteiger partial charge in [-0.25, -0.2) is 17.9 Å². The molecule has 2 aromatic rings. The average molecular weight is 422 g/mol. The van der Waals surface area contributed by atoms with Crippen LogP contribution in [-0.2, 0) is 27.8 Å². The van der Waals surface area contributed by atoms with Gasteiger partial charge in [-0.2, -0.15) is 4.31 Å². The third-order valence-corrected chi connectivity index (χ3v) is 7.76. The number of carbonyl (C=O) groups excluding carboxylic acids is 1. The summed E-state index contributed by atoms with van der Waals surface area (Å²) in [6.07, 6.45) is 1.96. The Bertz CT molecular complexity index is 1120. The third kappa shape index (κ3) is 3.38. The van der Waals surface area contributed by atoms with E-state index in [2.05, 4.69) is 10.1 Å². The van der Waals surface area contributed by atoms with Crippen molar-refractivity contribution in [2.24, 2.45) is 5.92 Å². The minimum Gasteiger partial charge on any atom is -0.336 e. The lowest BCUT2D eigenvalue weighted by molar-refractivity contribution is -0.135. The summed E-state index contributed by atoms with van der Waals surface area (Å²) in [4.78, 5) is 31.7. The fourth-order valence-electron chi connectivity index (χ4n) is 4.29. The molecule has 1 saturated heterocycles. The molecule has 10 heteroatoms. The summed E-state index contributed by atoms with van der Waals surface area (Å²) in [6, 6.07) is 1.45. The molecule has 9 nitrogen and oxygen atoms in total. The molecule has 0 aliphatic carbocycles. The van der Waals surface area contributed by atoms with Gasteiger partial charge in [-0.1, -0.05) is 13.8 Å². The van der Waals surface area contributed by atoms with Gasteiger partial charge in [0.15, 0.2) is 5.65 Å². The van der Waals surface area contributed by atoms with E-state index in [1.165, 1.54) is 8.82 Å². The van der Waals surface area contributed by atoms with Gasteiger partial charge in [-0.15, -0.1) is 0 Å². The Balaban J connectivity index is 1.72. The number of carbonyl (C=O) groups is 1. The molecular formula is C19H27N5O4S. The topological polar surface area (TPSA) is 108 Å². The Morgan fingerprint density at radius 1 is 1.34 bits per heavy atom. The summed E-state index contributed by atoms with van der Waals surface area (Å²) in [5.41, 5.74) is 2.22. The summed E-state index contributed by atoms with van der Waals surface area (Å²) < 4.78 is 27.8. The highest BCUT2D eigenvalue weighted by Crippen LogP contribution is 2.34. The monoisotopic (exact) mass is 421 g/mol. The zero-order valence-corrected chi connectivity index (χ0v) is 17.8. The molecular weight excluding hydrogens is 394 g/mol.